The lowest BCUT2D eigenvalue weighted by Gasteiger charge is -2.17. The molecule has 1 aliphatic rings. The molecule has 0 bridgehead atoms. The van der Waals surface area contributed by atoms with E-state index < -0.39 is 23.4 Å². The molecule has 2 amide bonds. The van der Waals surface area contributed by atoms with E-state index in [0.717, 1.165) is 4.90 Å². The first-order valence-electron chi connectivity index (χ1n) is 9.96. The number of nitrogens with zero attached hydrogens (tertiary/aromatic N) is 2. The van der Waals surface area contributed by atoms with Gasteiger partial charge in [-0.1, -0.05) is 42.5 Å². The zero-order valence-corrected chi connectivity index (χ0v) is 17.5. The van der Waals surface area contributed by atoms with Gasteiger partial charge >= 0.3 is 0 Å². The number of carbonyl (C=O) groups is 2. The Balaban J connectivity index is 1.90. The topological polar surface area (TPSA) is 40.6 Å². The molecule has 0 atom stereocenters. The summed E-state index contributed by atoms with van der Waals surface area (Å²) < 4.78 is 27.1. The number of para-hydroxylation sites is 1. The molecule has 4 rings (SSSR count). The van der Waals surface area contributed by atoms with Crippen molar-refractivity contribution in [2.24, 2.45) is 0 Å². The summed E-state index contributed by atoms with van der Waals surface area (Å²) in [7, 11) is 3.39. The predicted octanol–water partition coefficient (Wildman–Crippen LogP) is 4.79. The van der Waals surface area contributed by atoms with Crippen molar-refractivity contribution in [2.45, 2.75) is 0 Å². The van der Waals surface area contributed by atoms with E-state index in [-0.39, 0.29) is 11.3 Å². The van der Waals surface area contributed by atoms with Crippen LogP contribution in [-0.2, 0) is 9.59 Å². The molecule has 3 aromatic carbocycles. The number of carbonyl (C=O) groups excluding carboxylic acids is 2. The van der Waals surface area contributed by atoms with Gasteiger partial charge in [0.05, 0.1) is 11.3 Å². The van der Waals surface area contributed by atoms with Gasteiger partial charge < -0.3 is 4.90 Å². The molecule has 0 saturated heterocycles. The van der Waals surface area contributed by atoms with Crippen molar-refractivity contribution in [3.05, 3.63) is 119 Å². The maximum Gasteiger partial charge on any atom is 0.282 e. The zero-order chi connectivity index (χ0) is 22.8. The summed E-state index contributed by atoms with van der Waals surface area (Å²) in [4.78, 5) is 29.3. The number of likely N-dealkylation sites (N-methyl/N-ethyl adjacent to an activating group) is 1. The van der Waals surface area contributed by atoms with E-state index in [1.807, 2.05) is 0 Å². The molecule has 3 aromatic rings. The second-order valence-corrected chi connectivity index (χ2v) is 7.51. The lowest BCUT2D eigenvalue weighted by Crippen LogP contribution is -2.33. The highest BCUT2D eigenvalue weighted by Crippen LogP contribution is 2.33. The van der Waals surface area contributed by atoms with Crippen molar-refractivity contribution in [1.82, 2.24) is 4.90 Å². The second kappa shape index (κ2) is 8.59. The van der Waals surface area contributed by atoms with Crippen LogP contribution < -0.4 is 4.90 Å². The number of amides is 2. The van der Waals surface area contributed by atoms with E-state index in [1.165, 1.54) is 24.3 Å². The van der Waals surface area contributed by atoms with Crippen LogP contribution in [0.25, 0.3) is 5.57 Å². The maximum absolute atomic E-state index is 13.5. The van der Waals surface area contributed by atoms with Gasteiger partial charge in [0.2, 0.25) is 0 Å². The van der Waals surface area contributed by atoms with Gasteiger partial charge in [-0.15, -0.1) is 0 Å². The molecule has 160 valence electrons. The Morgan fingerprint density at radius 3 is 1.72 bits per heavy atom. The van der Waals surface area contributed by atoms with Gasteiger partial charge in [-0.3, -0.25) is 9.59 Å². The first-order valence-corrected chi connectivity index (χ1v) is 9.96. The summed E-state index contributed by atoms with van der Waals surface area (Å²) in [5, 5.41) is 0. The van der Waals surface area contributed by atoms with Gasteiger partial charge in [0.1, 0.15) is 17.3 Å². The van der Waals surface area contributed by atoms with Crippen LogP contribution in [0.3, 0.4) is 0 Å². The first-order chi connectivity index (χ1) is 15.4. The van der Waals surface area contributed by atoms with Crippen molar-refractivity contribution >= 4 is 23.1 Å². The third kappa shape index (κ3) is 3.95. The minimum absolute atomic E-state index is 0.201. The Morgan fingerprint density at radius 2 is 1.25 bits per heavy atom. The minimum Gasteiger partial charge on any atom is -0.373 e. The lowest BCUT2D eigenvalue weighted by molar-refractivity contribution is -0.121. The fourth-order valence-corrected chi connectivity index (χ4v) is 3.65. The quantitative estimate of drug-likeness (QED) is 0.547. The molecule has 0 saturated carbocycles. The summed E-state index contributed by atoms with van der Waals surface area (Å²) in [5.41, 5.74) is 2.72. The largest absolute Gasteiger partial charge is 0.373 e. The number of imide groups is 1. The highest BCUT2D eigenvalue weighted by molar-refractivity contribution is 6.34. The van der Waals surface area contributed by atoms with E-state index in [9.17, 15) is 18.4 Å². The average molecular weight is 430 g/mol. The molecule has 32 heavy (non-hydrogen) atoms. The highest BCUT2D eigenvalue weighted by Gasteiger charge is 2.39. The lowest BCUT2D eigenvalue weighted by atomic mass is 9.95. The average Bonchev–Trinajstić information content (AvgIpc) is 3.03. The van der Waals surface area contributed by atoms with Crippen LogP contribution >= 0.6 is 0 Å². The molecule has 0 unspecified atom stereocenters. The molecule has 6 heteroatoms. The van der Waals surface area contributed by atoms with Crippen LogP contribution in [0, 0.1) is 11.6 Å². The summed E-state index contributed by atoms with van der Waals surface area (Å²) in [6.07, 6.45) is 1.61. The fourth-order valence-electron chi connectivity index (χ4n) is 3.65. The smallest absolute Gasteiger partial charge is 0.282 e. The van der Waals surface area contributed by atoms with E-state index in [4.69, 9.17) is 0 Å². The van der Waals surface area contributed by atoms with E-state index in [0.29, 0.717) is 22.4 Å². The molecule has 0 N–H and O–H groups in total. The number of rotatable bonds is 5. The molecule has 0 aromatic heterocycles. The summed E-state index contributed by atoms with van der Waals surface area (Å²) in [6.45, 7) is 0. The monoisotopic (exact) mass is 430 g/mol. The van der Waals surface area contributed by atoms with Gasteiger partial charge in [0.25, 0.3) is 11.8 Å². The van der Waals surface area contributed by atoms with Gasteiger partial charge in [-0.05, 0) is 59.2 Å². The van der Waals surface area contributed by atoms with E-state index in [2.05, 4.69) is 0 Å². The van der Waals surface area contributed by atoms with Crippen LogP contribution in [0.5, 0.6) is 0 Å². The number of hydrogen-bond donors (Lipinski definition) is 0. The van der Waals surface area contributed by atoms with Crippen molar-refractivity contribution < 1.29 is 18.4 Å². The van der Waals surface area contributed by atoms with Crippen LogP contribution in [-0.4, -0.2) is 30.8 Å². The van der Waals surface area contributed by atoms with Crippen LogP contribution in [0.4, 0.5) is 14.5 Å². The highest BCUT2D eigenvalue weighted by atomic mass is 19.1. The van der Waals surface area contributed by atoms with Gasteiger partial charge in [0, 0.05) is 14.1 Å². The van der Waals surface area contributed by atoms with Crippen LogP contribution in [0.1, 0.15) is 11.1 Å². The Hall–Kier alpha value is -4.06. The number of benzene rings is 3. The Kier molecular flexibility index (Phi) is 5.69. The van der Waals surface area contributed by atoms with E-state index >= 15 is 0 Å². The number of anilines is 1. The Bertz CT molecular complexity index is 1180. The zero-order valence-electron chi connectivity index (χ0n) is 17.5. The van der Waals surface area contributed by atoms with Crippen LogP contribution in [0.2, 0.25) is 0 Å². The van der Waals surface area contributed by atoms with Gasteiger partial charge in [-0.25, -0.2) is 13.7 Å². The summed E-state index contributed by atoms with van der Waals surface area (Å²) in [6, 6.07) is 20.3. The minimum atomic E-state index is -0.466. The predicted molar refractivity (Wildman–Crippen MR) is 120 cm³/mol. The molecule has 4 nitrogen and oxygen atoms in total. The van der Waals surface area contributed by atoms with Gasteiger partial charge in [-0.2, -0.15) is 0 Å². The molecular weight excluding hydrogens is 410 g/mol. The van der Waals surface area contributed by atoms with E-state index in [1.54, 1.807) is 79.7 Å². The molecule has 1 aliphatic heterocycles. The fraction of sp³-hybridized carbons (Fsp3) is 0.0769. The third-order valence-electron chi connectivity index (χ3n) is 5.16. The standard InChI is InChI=1S/C26H20F2N2O2/c1-29(2)24-23(25(31)30(26(24)32)21-6-4-3-5-7-21)16-22(17-8-12-19(27)13-9-17)18-10-14-20(28)15-11-18/h3-16H,1-2H3. The SMILES string of the molecule is CN(C)C1=C(C=C(c2ccc(F)cc2)c2ccc(F)cc2)C(=O)N(c2ccccc2)C1=O. The molecule has 0 fully saturated rings. The summed E-state index contributed by atoms with van der Waals surface area (Å²) >= 11 is 0. The molecule has 0 spiro atoms. The van der Waals surface area contributed by atoms with Crippen LogP contribution in [0.15, 0.2) is 96.2 Å². The second-order valence-electron chi connectivity index (χ2n) is 7.51. The van der Waals surface area contributed by atoms with Crippen molar-refractivity contribution in [3.63, 3.8) is 0 Å². The first kappa shape index (κ1) is 21.2. The van der Waals surface area contributed by atoms with Crippen molar-refractivity contribution in [3.8, 4) is 0 Å². The number of hydrogen-bond acceptors (Lipinski definition) is 3. The molecule has 0 radical (unpaired) electrons. The summed E-state index contributed by atoms with van der Waals surface area (Å²) in [5.74, 6) is -1.70. The van der Waals surface area contributed by atoms with Crippen molar-refractivity contribution in [1.29, 1.82) is 0 Å². The third-order valence-corrected chi connectivity index (χ3v) is 5.16. The molecule has 1 heterocycles. The normalized spacial score (nSPS) is 13.6. The Morgan fingerprint density at radius 1 is 0.750 bits per heavy atom. The maximum atomic E-state index is 13.5. The van der Waals surface area contributed by atoms with Gasteiger partial charge in [0.15, 0.2) is 0 Å². The Labute approximate surface area is 184 Å². The number of halogens is 2. The molecule has 0 aliphatic carbocycles. The molecular formula is C26H20F2N2O2. The van der Waals surface area contributed by atoms with Crippen molar-refractivity contribution in [2.75, 3.05) is 19.0 Å².